The van der Waals surface area contributed by atoms with Crippen molar-refractivity contribution in [2.45, 2.75) is 57.7 Å². The first-order chi connectivity index (χ1) is 41.3. The number of hydrogen-bond donors (Lipinski definition) is 2. The molecule has 0 spiro atoms. The van der Waals surface area contributed by atoms with Gasteiger partial charge in [-0.3, -0.25) is 9.78 Å². The lowest BCUT2D eigenvalue weighted by Crippen LogP contribution is -2.61. The fourth-order valence-electron chi connectivity index (χ4n) is 13.3. The van der Waals surface area contributed by atoms with Crippen molar-refractivity contribution in [2.75, 3.05) is 102 Å². The van der Waals surface area contributed by atoms with Crippen molar-refractivity contribution < 1.29 is 9.47 Å². The molecule has 5 fully saturated rings. The summed E-state index contributed by atoms with van der Waals surface area (Å²) in [5.41, 5.74) is 9.13. The van der Waals surface area contributed by atoms with E-state index in [1.54, 1.807) is 65.3 Å². The van der Waals surface area contributed by atoms with Gasteiger partial charge in [0.2, 0.25) is 21.3 Å². The van der Waals surface area contributed by atoms with E-state index in [1.165, 1.54) is 26.2 Å². The molecular weight excluding hydrogens is 1180 g/mol. The number of halogens is 2. The fraction of sp³-hybridized carbons (Fsp3) is 0.435. The second-order valence-electron chi connectivity index (χ2n) is 24.8. The van der Waals surface area contributed by atoms with Crippen molar-refractivity contribution in [2.24, 2.45) is 30.7 Å². The Labute approximate surface area is 524 Å². The number of fused-ring (bicyclic) bond motifs is 2. The van der Waals surface area contributed by atoms with Crippen molar-refractivity contribution in [3.8, 4) is 76.7 Å². The van der Waals surface area contributed by atoms with E-state index in [2.05, 4.69) is 142 Å². The number of H-pyrrole nitrogens is 1. The Balaban J connectivity index is 0.000000127. The number of ether oxygens (including phenoxy) is 2. The quantitative estimate of drug-likeness (QED) is 0.118. The molecule has 450 valence electrons. The molecule has 0 saturated carbocycles. The molecule has 6 aromatic heterocycles. The Morgan fingerprint density at radius 3 is 1.55 bits per heavy atom. The van der Waals surface area contributed by atoms with Gasteiger partial charge in [0, 0.05) is 136 Å². The zero-order chi connectivity index (χ0) is 60.0. The predicted octanol–water partition coefficient (Wildman–Crippen LogP) is 11.5. The summed E-state index contributed by atoms with van der Waals surface area (Å²) in [6.07, 6.45) is 11.4. The largest absolute Gasteiger partial charge is 0.496 e. The van der Waals surface area contributed by atoms with Crippen molar-refractivity contribution in [3.63, 3.8) is 0 Å². The fourth-order valence-corrected chi connectivity index (χ4v) is 16.6. The first-order valence-corrected chi connectivity index (χ1v) is 32.2. The van der Waals surface area contributed by atoms with Gasteiger partial charge in [-0.15, -0.1) is 30.6 Å². The molecule has 0 aliphatic carbocycles. The van der Waals surface area contributed by atoms with Gasteiger partial charge in [0.15, 0.2) is 15.0 Å². The number of nitrogens with one attached hydrogen (secondary N) is 2. The highest BCUT2D eigenvalue weighted by atomic mass is 35.5. The zero-order valence-corrected chi connectivity index (χ0v) is 54.2. The highest BCUT2D eigenvalue weighted by molar-refractivity contribution is 7.19. The summed E-state index contributed by atoms with van der Waals surface area (Å²) in [5.74, 6) is 4.37. The molecule has 0 radical (unpaired) electrons. The third-order valence-electron chi connectivity index (χ3n) is 17.1. The van der Waals surface area contributed by atoms with Crippen molar-refractivity contribution >= 4 is 72.6 Å². The van der Waals surface area contributed by atoms with Crippen LogP contribution >= 0.6 is 57.2 Å². The van der Waals surface area contributed by atoms with Crippen LogP contribution in [0, 0.1) is 23.7 Å². The van der Waals surface area contributed by atoms with Crippen LogP contribution in [0.3, 0.4) is 0 Å². The highest BCUT2D eigenvalue weighted by Crippen LogP contribution is 2.43. The van der Waals surface area contributed by atoms with Crippen molar-refractivity contribution in [1.29, 1.82) is 0 Å². The molecule has 86 heavy (non-hydrogen) atoms. The maximum absolute atomic E-state index is 6.58. The normalized spacial score (nSPS) is 20.7. The van der Waals surface area contributed by atoms with E-state index in [4.69, 9.17) is 32.7 Å². The molecule has 3 aromatic carbocycles. The number of anilines is 3. The molecular formula is C62H73Cl2N17O2S3. The number of rotatable bonds is 12. The smallest absolute Gasteiger partial charge is 0.212 e. The molecule has 5 aliphatic rings. The Hall–Kier alpha value is -6.63. The number of methoxy groups -OCH3 is 2. The van der Waals surface area contributed by atoms with Crippen LogP contribution in [0.1, 0.15) is 40.5 Å². The third-order valence-corrected chi connectivity index (χ3v) is 20.8. The van der Waals surface area contributed by atoms with Gasteiger partial charge in [0.25, 0.3) is 0 Å². The first kappa shape index (κ1) is 59.7. The summed E-state index contributed by atoms with van der Waals surface area (Å²) in [5, 5.41) is 48.5. The van der Waals surface area contributed by atoms with Crippen LogP contribution in [-0.2, 0) is 7.05 Å². The number of benzene rings is 3. The topological polar surface area (TPSA) is 183 Å². The SMILES string of the molecule is CN1C[C@@H]2CN(c3nnc(-c4ccc(-c5cn[nH]c5)cc4Cl)s3)C[C@@H]2C1.CN1C[C@@H]2CN(c3nnc(-c4ccc(-c5cnn(C)c5)cc4Cl)s3)C[C@@H]2C1.COc1ccc(-c2ccc(-c3nnc(N(C)C4CC(C)(C)NC(C)(C)C4)s3)c(OC)c2)cn1. The molecule has 0 unspecified atom stereocenters. The summed E-state index contributed by atoms with van der Waals surface area (Å²) >= 11 is 18.0. The van der Waals surface area contributed by atoms with E-state index < -0.39 is 0 Å². The Kier molecular flexibility index (Phi) is 17.3. The number of likely N-dealkylation sites (tertiary alicyclic amines) is 2. The summed E-state index contributed by atoms with van der Waals surface area (Å²) in [7, 11) is 11.8. The molecule has 0 amide bonds. The zero-order valence-electron chi connectivity index (χ0n) is 50.2. The molecule has 2 N–H and O–H groups in total. The van der Waals surface area contributed by atoms with E-state index >= 15 is 0 Å². The van der Waals surface area contributed by atoms with Gasteiger partial charge in [-0.2, -0.15) is 10.2 Å². The van der Waals surface area contributed by atoms with Gasteiger partial charge in [-0.1, -0.05) is 75.4 Å². The van der Waals surface area contributed by atoms with Gasteiger partial charge in [-0.25, -0.2) is 4.98 Å². The number of piperidine rings is 1. The molecule has 0 bridgehead atoms. The molecule has 9 aromatic rings. The lowest BCUT2D eigenvalue weighted by molar-refractivity contribution is 0.161. The predicted molar refractivity (Wildman–Crippen MR) is 348 cm³/mol. The molecule has 14 rings (SSSR count). The van der Waals surface area contributed by atoms with E-state index in [1.807, 2.05) is 80.2 Å². The maximum atomic E-state index is 6.58. The number of nitrogens with zero attached hydrogens (tertiary/aromatic N) is 15. The number of pyridine rings is 1. The van der Waals surface area contributed by atoms with E-state index in [0.717, 1.165) is 149 Å². The Morgan fingerprint density at radius 2 is 1.07 bits per heavy atom. The van der Waals surface area contributed by atoms with E-state index in [-0.39, 0.29) is 11.1 Å². The molecule has 5 aliphatic heterocycles. The third kappa shape index (κ3) is 13.1. The van der Waals surface area contributed by atoms with E-state index in [0.29, 0.717) is 22.0 Å². The van der Waals surface area contributed by atoms with Gasteiger partial charge < -0.3 is 39.3 Å². The van der Waals surface area contributed by atoms with Crippen molar-refractivity contribution in [3.05, 3.63) is 108 Å². The van der Waals surface area contributed by atoms with Gasteiger partial charge >= 0.3 is 0 Å². The van der Waals surface area contributed by atoms with Gasteiger partial charge in [0.05, 0.1) is 42.2 Å². The molecule has 11 heterocycles. The Bertz CT molecular complexity index is 3750. The molecule has 24 heteroatoms. The van der Waals surface area contributed by atoms with E-state index in [9.17, 15) is 0 Å². The van der Waals surface area contributed by atoms with Gasteiger partial charge in [0.1, 0.15) is 5.75 Å². The summed E-state index contributed by atoms with van der Waals surface area (Å²) in [6.45, 7) is 18.2. The Morgan fingerprint density at radius 1 is 0.558 bits per heavy atom. The van der Waals surface area contributed by atoms with Gasteiger partial charge in [-0.05, 0) is 137 Å². The van der Waals surface area contributed by atoms with Crippen LogP contribution in [0.5, 0.6) is 11.6 Å². The summed E-state index contributed by atoms with van der Waals surface area (Å²) in [4.78, 5) is 16.2. The number of aromatic amines is 1. The minimum Gasteiger partial charge on any atom is -0.496 e. The average Bonchev–Trinajstić information content (AvgIpc) is 2.78. The van der Waals surface area contributed by atoms with Crippen LogP contribution in [0.25, 0.3) is 65.1 Å². The highest BCUT2D eigenvalue weighted by Gasteiger charge is 2.42. The minimum atomic E-state index is 0.0730. The summed E-state index contributed by atoms with van der Waals surface area (Å²) in [6, 6.07) is 22.4. The van der Waals surface area contributed by atoms with Crippen molar-refractivity contribution in [1.82, 2.24) is 70.7 Å². The molecule has 19 nitrogen and oxygen atoms in total. The van der Waals surface area contributed by atoms with Crippen LogP contribution in [0.4, 0.5) is 15.4 Å². The molecule has 5 saturated heterocycles. The number of hydrogen-bond acceptors (Lipinski definition) is 20. The standard InChI is InChI=1S/C25H33N5O2S.C19H21ClN6S.C18H19ClN6S/c1-24(2)13-18(14-25(3,4)29-24)30(5)23-28-27-22(33-23)19-10-8-16(12-20(19)31-6)17-9-11-21(32-7)26-15-17;1-24-7-14-10-26(11-15(14)8-24)19-23-22-18(27-19)16-4-3-12(5-17(16)20)13-6-21-25(2)9-13;1-24-7-13-9-25(10-14(13)8-24)18-23-22-17(26-18)15-3-2-11(4-16(15)19)12-5-20-21-6-12/h8-12,15,18,29H,13-14H2,1-7H3;3-6,9,14-15H,7-8,10-11H2,1-2H3;2-6,13-14H,7-10H2,1H3,(H,20,21)/t;14-,15+;13-,14+. The second-order valence-corrected chi connectivity index (χ2v) is 28.5. The van der Waals surface area contributed by atoms with Crippen LogP contribution < -0.4 is 29.5 Å². The monoisotopic (exact) mass is 1250 g/mol. The van der Waals surface area contributed by atoms with Crippen LogP contribution in [-0.4, -0.2) is 170 Å². The first-order valence-electron chi connectivity index (χ1n) is 29.0. The number of aryl methyl sites for hydroxylation is 1. The average molecular weight is 1260 g/mol. The maximum Gasteiger partial charge on any atom is 0.212 e. The second kappa shape index (κ2) is 24.9. The van der Waals surface area contributed by atoms with Crippen LogP contribution in [0.15, 0.2) is 97.7 Å². The van der Waals surface area contributed by atoms with Crippen LogP contribution in [0.2, 0.25) is 10.0 Å². The summed E-state index contributed by atoms with van der Waals surface area (Å²) < 4.78 is 12.7. The number of aromatic nitrogens is 11. The molecule has 4 atom stereocenters. The lowest BCUT2D eigenvalue weighted by Gasteiger charge is -2.48. The lowest BCUT2D eigenvalue weighted by atomic mass is 9.79. The minimum absolute atomic E-state index is 0.0730.